The van der Waals surface area contributed by atoms with Crippen LogP contribution in [0.3, 0.4) is 0 Å². The molecule has 2 aliphatic rings. The van der Waals surface area contributed by atoms with Gasteiger partial charge in [-0.05, 0) is 51.1 Å². The van der Waals surface area contributed by atoms with E-state index >= 15 is 0 Å². The van der Waals surface area contributed by atoms with Gasteiger partial charge in [0.1, 0.15) is 0 Å². The topological polar surface area (TPSA) is 15.3 Å². The van der Waals surface area contributed by atoms with Crippen molar-refractivity contribution in [3.63, 3.8) is 0 Å². The highest BCUT2D eigenvalue weighted by Crippen LogP contribution is 2.33. The second-order valence-electron chi connectivity index (χ2n) is 7.13. The van der Waals surface area contributed by atoms with Crippen LogP contribution in [-0.4, -0.2) is 36.1 Å². The summed E-state index contributed by atoms with van der Waals surface area (Å²) in [5, 5.41) is 3.85. The number of benzene rings is 1. The highest BCUT2D eigenvalue weighted by molar-refractivity contribution is 5.14. The zero-order valence-electron chi connectivity index (χ0n) is 13.5. The van der Waals surface area contributed by atoms with E-state index < -0.39 is 0 Å². The van der Waals surface area contributed by atoms with Crippen molar-refractivity contribution in [2.24, 2.45) is 0 Å². The molecule has 1 saturated carbocycles. The Kier molecular flexibility index (Phi) is 4.97. The average Bonchev–Trinajstić information content (AvgIpc) is 2.97. The molecule has 1 aromatic carbocycles. The van der Waals surface area contributed by atoms with Gasteiger partial charge in [0.25, 0.3) is 0 Å². The lowest BCUT2D eigenvalue weighted by atomic mass is 9.92. The maximum absolute atomic E-state index is 3.85. The third kappa shape index (κ3) is 3.87. The van der Waals surface area contributed by atoms with Gasteiger partial charge in [-0.3, -0.25) is 4.90 Å². The predicted molar refractivity (Wildman–Crippen MR) is 89.6 cm³/mol. The summed E-state index contributed by atoms with van der Waals surface area (Å²) in [4.78, 5) is 2.74. The fourth-order valence-corrected chi connectivity index (χ4v) is 4.07. The van der Waals surface area contributed by atoms with Gasteiger partial charge in [-0.15, -0.1) is 0 Å². The Morgan fingerprint density at radius 3 is 2.67 bits per heavy atom. The monoisotopic (exact) mass is 286 g/mol. The summed E-state index contributed by atoms with van der Waals surface area (Å²) in [6.07, 6.45) is 9.49. The first kappa shape index (κ1) is 15.1. The summed E-state index contributed by atoms with van der Waals surface area (Å²) in [6.45, 7) is 6.11. The molecule has 0 radical (unpaired) electrons. The molecular formula is C19H30N2. The molecule has 1 aliphatic carbocycles. The molecule has 2 heteroatoms. The van der Waals surface area contributed by atoms with Crippen molar-refractivity contribution in [1.82, 2.24) is 10.2 Å². The number of aryl methyl sites for hydroxylation is 1. The Morgan fingerprint density at radius 2 is 1.90 bits per heavy atom. The number of nitrogens with one attached hydrogen (secondary N) is 1. The summed E-state index contributed by atoms with van der Waals surface area (Å²) in [7, 11) is 0. The summed E-state index contributed by atoms with van der Waals surface area (Å²) in [5.41, 5.74) is 1.95. The van der Waals surface area contributed by atoms with Crippen LogP contribution in [0.2, 0.25) is 0 Å². The first-order valence-electron chi connectivity index (χ1n) is 8.80. The molecule has 1 heterocycles. The molecule has 0 aromatic heterocycles. The van der Waals surface area contributed by atoms with Gasteiger partial charge in [-0.1, -0.05) is 43.2 Å². The summed E-state index contributed by atoms with van der Waals surface area (Å²) >= 11 is 0. The van der Waals surface area contributed by atoms with Gasteiger partial charge in [-0.2, -0.15) is 0 Å². The van der Waals surface area contributed by atoms with Gasteiger partial charge in [0.15, 0.2) is 0 Å². The fraction of sp³-hybridized carbons (Fsp3) is 0.684. The van der Waals surface area contributed by atoms with E-state index in [2.05, 4.69) is 47.5 Å². The Labute approximate surface area is 129 Å². The predicted octanol–water partition coefficient (Wildman–Crippen LogP) is 3.62. The van der Waals surface area contributed by atoms with Crippen LogP contribution in [0.15, 0.2) is 30.3 Å². The first-order chi connectivity index (χ1) is 10.3. The maximum atomic E-state index is 3.85. The highest BCUT2D eigenvalue weighted by Gasteiger charge is 2.39. The third-order valence-electron chi connectivity index (χ3n) is 5.47. The Hall–Kier alpha value is -0.860. The van der Waals surface area contributed by atoms with E-state index in [1.165, 1.54) is 70.1 Å². The van der Waals surface area contributed by atoms with Gasteiger partial charge in [0, 0.05) is 24.7 Å². The highest BCUT2D eigenvalue weighted by atomic mass is 15.2. The zero-order chi connectivity index (χ0) is 14.5. The van der Waals surface area contributed by atoms with Crippen LogP contribution in [0.4, 0.5) is 0 Å². The molecule has 3 rings (SSSR count). The lowest BCUT2D eigenvalue weighted by Crippen LogP contribution is -2.62. The largest absolute Gasteiger partial charge is 0.308 e. The van der Waals surface area contributed by atoms with E-state index in [1.54, 1.807) is 0 Å². The Bertz CT molecular complexity index is 422. The van der Waals surface area contributed by atoms with E-state index in [0.29, 0.717) is 11.6 Å². The van der Waals surface area contributed by atoms with Crippen LogP contribution in [0, 0.1) is 0 Å². The van der Waals surface area contributed by atoms with Crippen molar-refractivity contribution in [3.05, 3.63) is 35.9 Å². The van der Waals surface area contributed by atoms with Crippen molar-refractivity contribution in [3.8, 4) is 0 Å². The number of rotatable bonds is 5. The SMILES string of the molecule is CC1CNC2(CCCC2)CN1CCCCc1ccccc1. The average molecular weight is 286 g/mol. The molecule has 0 amide bonds. The standard InChI is InChI=1S/C19H30N2/c1-17-15-20-19(12-6-7-13-19)16-21(17)14-8-5-11-18-9-3-2-4-10-18/h2-4,9-10,17,20H,5-8,11-16H2,1H3. The molecule has 1 unspecified atom stereocenters. The number of hydrogen-bond acceptors (Lipinski definition) is 2. The molecule has 116 valence electrons. The molecule has 1 atom stereocenters. The van der Waals surface area contributed by atoms with Gasteiger partial charge < -0.3 is 5.32 Å². The number of unbranched alkanes of at least 4 members (excludes halogenated alkanes) is 1. The van der Waals surface area contributed by atoms with Crippen LogP contribution in [-0.2, 0) is 6.42 Å². The number of hydrogen-bond donors (Lipinski definition) is 1. The summed E-state index contributed by atoms with van der Waals surface area (Å²) in [5.74, 6) is 0. The molecule has 1 aliphatic heterocycles. The van der Waals surface area contributed by atoms with Gasteiger partial charge >= 0.3 is 0 Å². The molecular weight excluding hydrogens is 256 g/mol. The van der Waals surface area contributed by atoms with Crippen molar-refractivity contribution < 1.29 is 0 Å². The van der Waals surface area contributed by atoms with E-state index in [1.807, 2.05) is 0 Å². The number of piperazine rings is 1. The minimum absolute atomic E-state index is 0.464. The quantitative estimate of drug-likeness (QED) is 0.832. The van der Waals surface area contributed by atoms with Crippen LogP contribution in [0.5, 0.6) is 0 Å². The molecule has 1 spiro atoms. The van der Waals surface area contributed by atoms with Crippen molar-refractivity contribution >= 4 is 0 Å². The number of nitrogens with zero attached hydrogens (tertiary/aromatic N) is 1. The van der Waals surface area contributed by atoms with Crippen molar-refractivity contribution in [2.75, 3.05) is 19.6 Å². The molecule has 1 aromatic rings. The van der Waals surface area contributed by atoms with E-state index in [-0.39, 0.29) is 0 Å². The van der Waals surface area contributed by atoms with Crippen molar-refractivity contribution in [2.45, 2.75) is 63.5 Å². The maximum Gasteiger partial charge on any atom is 0.0309 e. The third-order valence-corrected chi connectivity index (χ3v) is 5.47. The normalized spacial score (nSPS) is 25.5. The van der Waals surface area contributed by atoms with Crippen LogP contribution in [0.1, 0.15) is 51.0 Å². The van der Waals surface area contributed by atoms with Crippen LogP contribution in [0.25, 0.3) is 0 Å². The molecule has 21 heavy (non-hydrogen) atoms. The second kappa shape index (κ2) is 6.93. The van der Waals surface area contributed by atoms with Gasteiger partial charge in [0.2, 0.25) is 0 Å². The molecule has 0 bridgehead atoms. The molecule has 2 nitrogen and oxygen atoms in total. The zero-order valence-corrected chi connectivity index (χ0v) is 13.5. The van der Waals surface area contributed by atoms with E-state index in [4.69, 9.17) is 0 Å². The van der Waals surface area contributed by atoms with Crippen LogP contribution >= 0.6 is 0 Å². The second-order valence-corrected chi connectivity index (χ2v) is 7.13. The van der Waals surface area contributed by atoms with Gasteiger partial charge in [0.05, 0.1) is 0 Å². The first-order valence-corrected chi connectivity index (χ1v) is 8.80. The van der Waals surface area contributed by atoms with Crippen molar-refractivity contribution in [1.29, 1.82) is 0 Å². The van der Waals surface area contributed by atoms with Crippen LogP contribution < -0.4 is 5.32 Å². The molecule has 1 N–H and O–H groups in total. The minimum Gasteiger partial charge on any atom is -0.308 e. The molecule has 2 fully saturated rings. The van der Waals surface area contributed by atoms with E-state index in [0.717, 1.165) is 0 Å². The summed E-state index contributed by atoms with van der Waals surface area (Å²) < 4.78 is 0. The van der Waals surface area contributed by atoms with Gasteiger partial charge in [-0.25, -0.2) is 0 Å². The Balaban J connectivity index is 1.43. The van der Waals surface area contributed by atoms with E-state index in [9.17, 15) is 0 Å². The summed E-state index contributed by atoms with van der Waals surface area (Å²) in [6, 6.07) is 11.6. The lowest BCUT2D eigenvalue weighted by molar-refractivity contribution is 0.0876. The lowest BCUT2D eigenvalue weighted by Gasteiger charge is -2.45. The molecule has 1 saturated heterocycles. The fourth-order valence-electron chi connectivity index (χ4n) is 4.07. The smallest absolute Gasteiger partial charge is 0.0309 e. The minimum atomic E-state index is 0.464. The Morgan fingerprint density at radius 1 is 1.14 bits per heavy atom.